The molecule has 1 aromatic carbocycles. The molecule has 124 valence electrons. The van der Waals surface area contributed by atoms with Gasteiger partial charge in [-0.25, -0.2) is 9.97 Å². The smallest absolute Gasteiger partial charge is 0.274 e. The molecule has 24 heavy (non-hydrogen) atoms. The Morgan fingerprint density at radius 1 is 1.17 bits per heavy atom. The van der Waals surface area contributed by atoms with Crippen molar-refractivity contribution in [3.05, 3.63) is 42.0 Å². The summed E-state index contributed by atoms with van der Waals surface area (Å²) < 4.78 is 5.25. The minimum Gasteiger partial charge on any atom is -0.495 e. The first kappa shape index (κ1) is 15.9. The summed E-state index contributed by atoms with van der Waals surface area (Å²) in [5, 5.41) is 5.44. The fraction of sp³-hybridized carbons (Fsp3) is 0.294. The van der Waals surface area contributed by atoms with Crippen LogP contribution >= 0.6 is 0 Å². The summed E-state index contributed by atoms with van der Waals surface area (Å²) in [6, 6.07) is 6.74. The molecule has 2 aromatic rings. The number of carbonyl (C=O) groups is 2. The summed E-state index contributed by atoms with van der Waals surface area (Å²) >= 11 is 0. The molecule has 1 aliphatic rings. The third-order valence-corrected chi connectivity index (χ3v) is 3.68. The second-order valence-electron chi connectivity index (χ2n) is 5.65. The Labute approximate surface area is 139 Å². The van der Waals surface area contributed by atoms with Crippen molar-refractivity contribution in [2.75, 3.05) is 17.7 Å². The van der Waals surface area contributed by atoms with Crippen molar-refractivity contribution in [3.8, 4) is 5.75 Å². The molecule has 3 rings (SSSR count). The van der Waals surface area contributed by atoms with Crippen molar-refractivity contribution >= 4 is 23.2 Å². The third-order valence-electron chi connectivity index (χ3n) is 3.68. The lowest BCUT2D eigenvalue weighted by molar-refractivity contribution is -0.114. The Morgan fingerprint density at radius 2 is 1.96 bits per heavy atom. The van der Waals surface area contributed by atoms with E-state index in [1.54, 1.807) is 24.3 Å². The Kier molecular flexibility index (Phi) is 4.41. The molecule has 0 atom stereocenters. The number of anilines is 2. The van der Waals surface area contributed by atoms with Crippen LogP contribution in [0.5, 0.6) is 5.75 Å². The lowest BCUT2D eigenvalue weighted by Gasteiger charge is -2.12. The fourth-order valence-corrected chi connectivity index (χ4v) is 2.37. The highest BCUT2D eigenvalue weighted by Gasteiger charge is 2.26. The van der Waals surface area contributed by atoms with Gasteiger partial charge in [0.15, 0.2) is 0 Å². The number of nitrogens with zero attached hydrogens (tertiary/aromatic N) is 2. The Balaban J connectivity index is 1.82. The Bertz CT molecular complexity index is 787. The lowest BCUT2D eigenvalue weighted by Crippen LogP contribution is -2.15. The summed E-state index contributed by atoms with van der Waals surface area (Å²) in [4.78, 5) is 31.9. The van der Waals surface area contributed by atoms with Crippen LogP contribution in [0.25, 0.3) is 0 Å². The highest BCUT2D eigenvalue weighted by atomic mass is 16.5. The van der Waals surface area contributed by atoms with Crippen LogP contribution in [0.2, 0.25) is 0 Å². The van der Waals surface area contributed by atoms with Gasteiger partial charge in [0, 0.05) is 24.2 Å². The number of hydrogen-bond donors (Lipinski definition) is 2. The number of amides is 2. The van der Waals surface area contributed by atoms with Crippen LogP contribution in [-0.4, -0.2) is 28.9 Å². The monoisotopic (exact) mass is 326 g/mol. The quantitative estimate of drug-likeness (QED) is 0.881. The number of carbonyl (C=O) groups excluding carboxylic acids is 2. The molecule has 0 bridgehead atoms. The number of benzene rings is 1. The maximum Gasteiger partial charge on any atom is 0.274 e. The van der Waals surface area contributed by atoms with E-state index in [0.717, 1.165) is 18.5 Å². The zero-order valence-corrected chi connectivity index (χ0v) is 13.5. The molecular formula is C17H18N4O3. The van der Waals surface area contributed by atoms with E-state index in [9.17, 15) is 9.59 Å². The molecule has 2 N–H and O–H groups in total. The summed E-state index contributed by atoms with van der Waals surface area (Å²) in [6.07, 6.45) is 3.61. The highest BCUT2D eigenvalue weighted by molar-refractivity contribution is 6.04. The van der Waals surface area contributed by atoms with E-state index in [2.05, 4.69) is 20.6 Å². The molecule has 0 aliphatic heterocycles. The molecule has 1 fully saturated rings. The van der Waals surface area contributed by atoms with Gasteiger partial charge in [0.2, 0.25) is 5.91 Å². The number of ether oxygens (including phenoxy) is 1. The maximum atomic E-state index is 12.5. The van der Waals surface area contributed by atoms with Crippen LogP contribution in [0.1, 0.15) is 41.9 Å². The molecule has 0 spiro atoms. The van der Waals surface area contributed by atoms with Gasteiger partial charge in [-0.2, -0.15) is 0 Å². The van der Waals surface area contributed by atoms with Gasteiger partial charge >= 0.3 is 0 Å². The normalized spacial score (nSPS) is 13.2. The summed E-state index contributed by atoms with van der Waals surface area (Å²) in [5.74, 6) is 0.394. The van der Waals surface area contributed by atoms with Crippen molar-refractivity contribution in [2.45, 2.75) is 25.7 Å². The molecule has 0 radical (unpaired) electrons. The van der Waals surface area contributed by atoms with E-state index in [4.69, 9.17) is 4.74 Å². The van der Waals surface area contributed by atoms with Gasteiger partial charge in [-0.3, -0.25) is 9.59 Å². The molecule has 0 unspecified atom stereocenters. The standard InChI is InChI=1S/C17H18N4O3/c1-10(22)20-12-5-6-16(24-2)14(7-12)21-17(23)15-8-13(11-3-4-11)18-9-19-15/h5-9,11H,3-4H2,1-2H3,(H,20,22)(H,21,23). The maximum absolute atomic E-state index is 12.5. The molecule has 1 aromatic heterocycles. The first-order valence-corrected chi connectivity index (χ1v) is 7.65. The predicted octanol–water partition coefficient (Wildman–Crippen LogP) is 2.57. The van der Waals surface area contributed by atoms with E-state index < -0.39 is 0 Å². The number of hydrogen-bond acceptors (Lipinski definition) is 5. The topological polar surface area (TPSA) is 93.2 Å². The van der Waals surface area contributed by atoms with E-state index in [0.29, 0.717) is 28.7 Å². The average molecular weight is 326 g/mol. The molecular weight excluding hydrogens is 308 g/mol. The van der Waals surface area contributed by atoms with Crippen LogP contribution < -0.4 is 15.4 Å². The number of aromatic nitrogens is 2. The second-order valence-corrected chi connectivity index (χ2v) is 5.65. The molecule has 1 aliphatic carbocycles. The van der Waals surface area contributed by atoms with Gasteiger partial charge in [0.05, 0.1) is 12.8 Å². The van der Waals surface area contributed by atoms with Gasteiger partial charge in [0.1, 0.15) is 17.8 Å². The van der Waals surface area contributed by atoms with Gasteiger partial charge in [0.25, 0.3) is 5.91 Å². The lowest BCUT2D eigenvalue weighted by atomic mass is 10.2. The van der Waals surface area contributed by atoms with E-state index in [1.807, 2.05) is 0 Å². The first-order chi connectivity index (χ1) is 11.6. The first-order valence-electron chi connectivity index (χ1n) is 7.65. The van der Waals surface area contributed by atoms with Crippen molar-refractivity contribution < 1.29 is 14.3 Å². The van der Waals surface area contributed by atoms with Crippen LogP contribution in [0.3, 0.4) is 0 Å². The Morgan fingerprint density at radius 3 is 2.62 bits per heavy atom. The molecule has 7 heteroatoms. The van der Waals surface area contributed by atoms with Crippen LogP contribution in [0.4, 0.5) is 11.4 Å². The van der Waals surface area contributed by atoms with Crippen molar-refractivity contribution in [2.24, 2.45) is 0 Å². The molecule has 1 heterocycles. The number of methoxy groups -OCH3 is 1. The molecule has 0 saturated heterocycles. The van der Waals surface area contributed by atoms with Crippen LogP contribution in [0, 0.1) is 0 Å². The fourth-order valence-electron chi connectivity index (χ4n) is 2.37. The second kappa shape index (κ2) is 6.66. The average Bonchev–Trinajstić information content (AvgIpc) is 3.39. The van der Waals surface area contributed by atoms with Gasteiger partial charge in [-0.1, -0.05) is 0 Å². The Hall–Kier alpha value is -2.96. The van der Waals surface area contributed by atoms with Crippen LogP contribution in [-0.2, 0) is 4.79 Å². The SMILES string of the molecule is COc1ccc(NC(C)=O)cc1NC(=O)c1cc(C2CC2)ncn1. The molecule has 2 amide bonds. The van der Waals surface area contributed by atoms with Gasteiger partial charge in [-0.15, -0.1) is 0 Å². The van der Waals surface area contributed by atoms with E-state index in [1.165, 1.54) is 20.4 Å². The summed E-state index contributed by atoms with van der Waals surface area (Å²) in [7, 11) is 1.51. The highest BCUT2D eigenvalue weighted by Crippen LogP contribution is 2.38. The van der Waals surface area contributed by atoms with Crippen LogP contribution in [0.15, 0.2) is 30.6 Å². The zero-order valence-electron chi connectivity index (χ0n) is 13.5. The van der Waals surface area contributed by atoms with Crippen molar-refractivity contribution in [3.63, 3.8) is 0 Å². The van der Waals surface area contributed by atoms with E-state index >= 15 is 0 Å². The minimum absolute atomic E-state index is 0.192. The molecule has 7 nitrogen and oxygen atoms in total. The summed E-state index contributed by atoms with van der Waals surface area (Å²) in [5.41, 5.74) is 2.23. The largest absolute Gasteiger partial charge is 0.495 e. The van der Waals surface area contributed by atoms with Gasteiger partial charge in [-0.05, 0) is 37.1 Å². The van der Waals surface area contributed by atoms with Gasteiger partial charge < -0.3 is 15.4 Å². The third kappa shape index (κ3) is 3.68. The summed E-state index contributed by atoms with van der Waals surface area (Å²) in [6.45, 7) is 1.42. The minimum atomic E-state index is -0.349. The predicted molar refractivity (Wildman–Crippen MR) is 89.3 cm³/mol. The van der Waals surface area contributed by atoms with Crippen molar-refractivity contribution in [1.82, 2.24) is 9.97 Å². The van der Waals surface area contributed by atoms with Crippen molar-refractivity contribution in [1.29, 1.82) is 0 Å². The van der Waals surface area contributed by atoms with E-state index in [-0.39, 0.29) is 11.8 Å². The number of nitrogens with one attached hydrogen (secondary N) is 2. The zero-order chi connectivity index (χ0) is 17.1. The number of rotatable bonds is 5. The molecule has 1 saturated carbocycles.